The third-order valence-electron chi connectivity index (χ3n) is 1.66. The molecule has 0 aliphatic carbocycles. The van der Waals surface area contributed by atoms with Crippen LogP contribution in [0.3, 0.4) is 0 Å². The van der Waals surface area contributed by atoms with Crippen LogP contribution in [0.4, 0.5) is 0 Å². The summed E-state index contributed by atoms with van der Waals surface area (Å²) in [5.74, 6) is 0.794. The first-order chi connectivity index (χ1) is 4.98. The van der Waals surface area contributed by atoms with E-state index in [0.717, 1.165) is 17.9 Å². The molecule has 0 aromatic heterocycles. The Morgan fingerprint density at radius 3 is 2.27 bits per heavy atom. The molecule has 0 aromatic rings. The van der Waals surface area contributed by atoms with Crippen LogP contribution in [0.25, 0.3) is 0 Å². The van der Waals surface area contributed by atoms with E-state index in [0.29, 0.717) is 5.41 Å². The van der Waals surface area contributed by atoms with E-state index >= 15 is 0 Å². The normalized spacial score (nSPS) is 12.5. The van der Waals surface area contributed by atoms with Crippen molar-refractivity contribution in [2.24, 2.45) is 11.3 Å². The quantitative estimate of drug-likeness (QED) is 0.557. The Morgan fingerprint density at radius 2 is 1.91 bits per heavy atom. The average Bonchev–Trinajstić information content (AvgIpc) is 1.81. The minimum absolute atomic E-state index is 0.432. The molecule has 0 rings (SSSR count). The molecule has 0 saturated carbocycles. The molecule has 2 heteroatoms. The van der Waals surface area contributed by atoms with Gasteiger partial charge in [-0.15, -0.1) is 0 Å². The van der Waals surface area contributed by atoms with Crippen molar-refractivity contribution in [1.82, 2.24) is 5.32 Å². The van der Waals surface area contributed by atoms with Crippen molar-refractivity contribution in [3.8, 4) is 0 Å². The molecule has 0 fully saturated rings. The van der Waals surface area contributed by atoms with Crippen molar-refractivity contribution < 1.29 is 0 Å². The van der Waals surface area contributed by atoms with Gasteiger partial charge in [-0.2, -0.15) is 0 Å². The van der Waals surface area contributed by atoms with E-state index in [2.05, 4.69) is 48.9 Å². The molecule has 68 valence electrons. The second-order valence-corrected chi connectivity index (χ2v) is 4.88. The molecule has 0 spiro atoms. The first-order valence-electron chi connectivity index (χ1n) is 4.24. The van der Waals surface area contributed by atoms with Crippen LogP contribution in [0, 0.1) is 11.3 Å². The van der Waals surface area contributed by atoms with E-state index in [1.54, 1.807) is 0 Å². The van der Waals surface area contributed by atoms with Gasteiger partial charge in [-0.25, -0.2) is 0 Å². The van der Waals surface area contributed by atoms with Crippen LogP contribution in [0.1, 0.15) is 34.1 Å². The first-order valence-corrected chi connectivity index (χ1v) is 5.37. The number of rotatable bonds is 5. The van der Waals surface area contributed by atoms with Gasteiger partial charge in [0.1, 0.15) is 0 Å². The Balaban J connectivity index is 3.61. The van der Waals surface area contributed by atoms with Gasteiger partial charge in [-0.3, -0.25) is 0 Å². The van der Waals surface area contributed by atoms with Crippen molar-refractivity contribution in [3.63, 3.8) is 0 Å². The van der Waals surface area contributed by atoms with Gasteiger partial charge < -0.3 is 5.32 Å². The first kappa shape index (κ1) is 11.4. The molecule has 0 amide bonds. The van der Waals surface area contributed by atoms with Crippen LogP contribution in [-0.4, -0.2) is 12.0 Å². The number of hydrogen-bond acceptors (Lipinski definition) is 1. The molecule has 0 heterocycles. The summed E-state index contributed by atoms with van der Waals surface area (Å²) in [6, 6.07) is 0. The zero-order valence-electron chi connectivity index (χ0n) is 8.08. The highest BCUT2D eigenvalue weighted by atomic mass is 79.9. The number of nitrogens with one attached hydrogen (secondary N) is 1. The molecule has 0 atom stereocenters. The molecule has 0 radical (unpaired) electrons. The summed E-state index contributed by atoms with van der Waals surface area (Å²) in [6.07, 6.45) is 1.28. The Hall–Kier alpha value is 0.440. The summed E-state index contributed by atoms with van der Waals surface area (Å²) in [5, 5.41) is 3.31. The SMILES string of the molecule is CC(C)CC(C)(C)CNCBr. The van der Waals surface area contributed by atoms with Crippen molar-refractivity contribution >= 4 is 15.9 Å². The van der Waals surface area contributed by atoms with E-state index in [4.69, 9.17) is 0 Å². The monoisotopic (exact) mass is 221 g/mol. The lowest BCUT2D eigenvalue weighted by molar-refractivity contribution is 0.279. The third-order valence-corrected chi connectivity index (χ3v) is 2.06. The maximum atomic E-state index is 3.36. The summed E-state index contributed by atoms with van der Waals surface area (Å²) in [6.45, 7) is 10.3. The van der Waals surface area contributed by atoms with Crippen LogP contribution in [0.2, 0.25) is 0 Å². The molecule has 1 N–H and O–H groups in total. The van der Waals surface area contributed by atoms with Gasteiger partial charge in [-0.05, 0) is 17.8 Å². The molecule has 0 aliphatic rings. The van der Waals surface area contributed by atoms with E-state index < -0.39 is 0 Å². The van der Waals surface area contributed by atoms with Gasteiger partial charge in [0.25, 0.3) is 0 Å². The average molecular weight is 222 g/mol. The third kappa shape index (κ3) is 6.82. The van der Waals surface area contributed by atoms with Crippen molar-refractivity contribution in [2.45, 2.75) is 34.1 Å². The minimum atomic E-state index is 0.432. The summed E-state index contributed by atoms with van der Waals surface area (Å²) in [7, 11) is 0. The van der Waals surface area contributed by atoms with E-state index in [-0.39, 0.29) is 0 Å². The zero-order chi connectivity index (χ0) is 8.91. The highest BCUT2D eigenvalue weighted by Crippen LogP contribution is 2.23. The van der Waals surface area contributed by atoms with Gasteiger partial charge in [0.15, 0.2) is 0 Å². The molecule has 0 bridgehead atoms. The molecule has 11 heavy (non-hydrogen) atoms. The van der Waals surface area contributed by atoms with Crippen LogP contribution in [0.15, 0.2) is 0 Å². The summed E-state index contributed by atoms with van der Waals surface area (Å²) in [5.41, 5.74) is 1.33. The van der Waals surface area contributed by atoms with Crippen LogP contribution in [-0.2, 0) is 0 Å². The fraction of sp³-hybridized carbons (Fsp3) is 1.00. The van der Waals surface area contributed by atoms with Gasteiger partial charge in [0.05, 0.1) is 5.45 Å². The lowest BCUT2D eigenvalue weighted by Crippen LogP contribution is -2.29. The summed E-state index contributed by atoms with van der Waals surface area (Å²) in [4.78, 5) is 0. The highest BCUT2D eigenvalue weighted by Gasteiger charge is 2.18. The van der Waals surface area contributed by atoms with E-state index in [1.807, 2.05) is 0 Å². The molecule has 0 unspecified atom stereocenters. The molecule has 0 aromatic carbocycles. The zero-order valence-corrected chi connectivity index (χ0v) is 9.66. The summed E-state index contributed by atoms with van der Waals surface area (Å²) >= 11 is 3.36. The smallest absolute Gasteiger partial charge is 0.0517 e. The van der Waals surface area contributed by atoms with Gasteiger partial charge >= 0.3 is 0 Å². The van der Waals surface area contributed by atoms with E-state index in [1.165, 1.54) is 6.42 Å². The Morgan fingerprint density at radius 1 is 1.36 bits per heavy atom. The van der Waals surface area contributed by atoms with Crippen molar-refractivity contribution in [1.29, 1.82) is 0 Å². The Kier molecular flexibility index (Phi) is 5.36. The van der Waals surface area contributed by atoms with E-state index in [9.17, 15) is 0 Å². The van der Waals surface area contributed by atoms with Crippen LogP contribution >= 0.6 is 15.9 Å². The minimum Gasteiger partial charge on any atom is -0.307 e. The summed E-state index contributed by atoms with van der Waals surface area (Å²) < 4.78 is 0. The lowest BCUT2D eigenvalue weighted by Gasteiger charge is -2.26. The topological polar surface area (TPSA) is 12.0 Å². The van der Waals surface area contributed by atoms with Crippen LogP contribution < -0.4 is 5.32 Å². The number of halogens is 1. The standard InChI is InChI=1S/C9H20BrN/c1-8(2)5-9(3,4)6-11-7-10/h8,11H,5-7H2,1-4H3. The lowest BCUT2D eigenvalue weighted by atomic mass is 9.84. The highest BCUT2D eigenvalue weighted by molar-refractivity contribution is 9.09. The molecule has 0 saturated heterocycles. The van der Waals surface area contributed by atoms with Gasteiger partial charge in [-0.1, -0.05) is 43.6 Å². The van der Waals surface area contributed by atoms with Crippen molar-refractivity contribution in [3.05, 3.63) is 0 Å². The maximum Gasteiger partial charge on any atom is 0.0517 e. The predicted octanol–water partition coefficient (Wildman–Crippen LogP) is 3.00. The molecule has 1 nitrogen and oxygen atoms in total. The number of alkyl halides is 1. The fourth-order valence-corrected chi connectivity index (χ4v) is 1.76. The Bertz CT molecular complexity index is 99.7. The largest absolute Gasteiger partial charge is 0.307 e. The Labute approximate surface area is 79.1 Å². The fourth-order valence-electron chi connectivity index (χ4n) is 1.56. The second kappa shape index (κ2) is 5.15. The van der Waals surface area contributed by atoms with Gasteiger partial charge in [0, 0.05) is 6.54 Å². The number of hydrogen-bond donors (Lipinski definition) is 1. The predicted molar refractivity (Wildman–Crippen MR) is 55.0 cm³/mol. The van der Waals surface area contributed by atoms with Gasteiger partial charge in [0.2, 0.25) is 0 Å². The molecular formula is C9H20BrN. The molecule has 0 aliphatic heterocycles. The van der Waals surface area contributed by atoms with Crippen LogP contribution in [0.5, 0.6) is 0 Å². The van der Waals surface area contributed by atoms with Crippen molar-refractivity contribution in [2.75, 3.05) is 12.0 Å². The molecular weight excluding hydrogens is 202 g/mol. The maximum absolute atomic E-state index is 3.36. The second-order valence-electron chi connectivity index (χ2n) is 4.32.